The minimum Gasteiger partial charge on any atom is -0.493 e. The largest absolute Gasteiger partial charge is 0.493 e. The molecule has 0 amide bonds. The summed E-state index contributed by atoms with van der Waals surface area (Å²) in [5.41, 5.74) is 14.3. The molecule has 0 spiro atoms. The van der Waals surface area contributed by atoms with Crippen molar-refractivity contribution in [3.63, 3.8) is 0 Å². The van der Waals surface area contributed by atoms with Gasteiger partial charge in [-0.2, -0.15) is 0 Å². The summed E-state index contributed by atoms with van der Waals surface area (Å²) in [7, 11) is 3.10. The van der Waals surface area contributed by atoms with Gasteiger partial charge in [0.25, 0.3) is 0 Å². The highest BCUT2D eigenvalue weighted by atomic mass is 16.7. The van der Waals surface area contributed by atoms with E-state index in [4.69, 9.17) is 49.7 Å². The summed E-state index contributed by atoms with van der Waals surface area (Å²) in [4.78, 5) is 26.8. The highest BCUT2D eigenvalue weighted by Crippen LogP contribution is 2.60. The van der Waals surface area contributed by atoms with Crippen LogP contribution in [-0.4, -0.2) is 101 Å². The second kappa shape index (κ2) is 13.1. The van der Waals surface area contributed by atoms with Crippen molar-refractivity contribution in [1.82, 2.24) is 4.98 Å². The quantitative estimate of drug-likeness (QED) is 0.0772. The molecule has 280 valence electrons. The minimum absolute atomic E-state index is 0.136. The maximum absolute atomic E-state index is 12.3. The van der Waals surface area contributed by atoms with Gasteiger partial charge in [0.2, 0.25) is 12.0 Å². The Labute approximate surface area is 302 Å². The van der Waals surface area contributed by atoms with Gasteiger partial charge in [-0.1, -0.05) is 24.3 Å². The smallest absolute Gasteiger partial charge is 0.317 e. The van der Waals surface area contributed by atoms with Gasteiger partial charge in [0.05, 0.1) is 32.9 Å². The van der Waals surface area contributed by atoms with Crippen LogP contribution in [-0.2, 0) is 25.5 Å². The third kappa shape index (κ3) is 5.52. The molecule has 4 aliphatic rings. The number of aliphatic hydroxyl groups is 3. The zero-order valence-corrected chi connectivity index (χ0v) is 28.7. The van der Waals surface area contributed by atoms with Crippen LogP contribution < -0.4 is 35.2 Å². The number of aromatic nitrogens is 1. The molecule has 53 heavy (non-hydrogen) atoms. The molecule has 8 atom stereocenters. The molecule has 0 bridgehead atoms. The van der Waals surface area contributed by atoms with E-state index in [1.807, 2.05) is 42.6 Å². The van der Waals surface area contributed by atoms with Crippen LogP contribution in [0.1, 0.15) is 41.6 Å². The van der Waals surface area contributed by atoms with Crippen molar-refractivity contribution >= 4 is 22.8 Å². The summed E-state index contributed by atoms with van der Waals surface area (Å²) >= 11 is 0. The van der Waals surface area contributed by atoms with Crippen molar-refractivity contribution in [2.75, 3.05) is 20.8 Å². The number of aromatic amines is 1. The van der Waals surface area contributed by atoms with E-state index in [0.29, 0.717) is 28.6 Å². The van der Waals surface area contributed by atoms with E-state index in [0.717, 1.165) is 33.2 Å². The Morgan fingerprint density at radius 3 is 2.60 bits per heavy atom. The molecule has 0 aliphatic carbocycles. The van der Waals surface area contributed by atoms with E-state index in [1.54, 1.807) is 20.3 Å². The third-order valence-corrected chi connectivity index (χ3v) is 10.6. The van der Waals surface area contributed by atoms with Crippen LogP contribution in [0.4, 0.5) is 0 Å². The number of nitrogens with one attached hydrogen (secondary N) is 1. The number of rotatable bonds is 8. The van der Waals surface area contributed by atoms with E-state index >= 15 is 0 Å². The standard InChI is InChI=1S/C37H39N3O13/c1-47-21-8-7-16-19-14-49-23-11-22-17(26(18-13-40-20-6-4-3-5-15(18)20)27(23)29(19)52-30(16)31(21)48-2)9-10-37(46)34(45)28(44)32(53-36(37)50-22)33(35(38)39)51-25(43)12-24(41)42/h3-8,11,13,19,28-29,32-36,40,44-46H,9-10,12,14,38-39H2,1-2H3,(H,41,42). The number of carboxylic acid groups (broad SMARTS) is 1. The van der Waals surface area contributed by atoms with E-state index in [1.165, 1.54) is 0 Å². The number of fused-ring (bicyclic) bond motifs is 8. The van der Waals surface area contributed by atoms with Crippen molar-refractivity contribution in [3.8, 4) is 39.9 Å². The number of aliphatic hydroxyl groups excluding tert-OH is 2. The Bertz CT molecular complexity index is 2100. The topological polar surface area (TPSA) is 248 Å². The molecule has 3 aromatic carbocycles. The molecule has 8 rings (SSSR count). The molecule has 16 heteroatoms. The third-order valence-electron chi connectivity index (χ3n) is 10.6. The first kappa shape index (κ1) is 35.0. The number of benzene rings is 3. The molecular formula is C37H39N3O13. The van der Waals surface area contributed by atoms with Crippen molar-refractivity contribution in [1.29, 1.82) is 0 Å². The Hall–Kier alpha value is -5.10. The fourth-order valence-electron chi connectivity index (χ4n) is 8.10. The van der Waals surface area contributed by atoms with Gasteiger partial charge in [0.1, 0.15) is 42.3 Å². The predicted molar refractivity (Wildman–Crippen MR) is 184 cm³/mol. The lowest BCUT2D eigenvalue weighted by Gasteiger charge is -2.48. The van der Waals surface area contributed by atoms with Gasteiger partial charge in [-0.05, 0) is 25.0 Å². The van der Waals surface area contributed by atoms with Crippen LogP contribution in [0.5, 0.6) is 28.7 Å². The van der Waals surface area contributed by atoms with Gasteiger partial charge in [-0.15, -0.1) is 0 Å². The van der Waals surface area contributed by atoms with E-state index in [9.17, 15) is 24.9 Å². The first-order valence-electron chi connectivity index (χ1n) is 17.1. The van der Waals surface area contributed by atoms with Crippen molar-refractivity contribution in [3.05, 3.63) is 65.4 Å². The molecule has 16 nitrogen and oxygen atoms in total. The number of ether oxygens (including phenoxy) is 7. The Morgan fingerprint density at radius 2 is 1.87 bits per heavy atom. The second-order valence-electron chi connectivity index (χ2n) is 13.6. The number of H-pyrrole nitrogens is 1. The van der Waals surface area contributed by atoms with Gasteiger partial charge >= 0.3 is 11.9 Å². The van der Waals surface area contributed by atoms with Crippen LogP contribution in [0.25, 0.3) is 22.0 Å². The predicted octanol–water partition coefficient (Wildman–Crippen LogP) is 1.59. The summed E-state index contributed by atoms with van der Waals surface area (Å²) in [5, 5.41) is 44.8. The summed E-state index contributed by atoms with van der Waals surface area (Å²) in [6.07, 6.45) is -9.79. The Kier molecular flexibility index (Phi) is 8.63. The van der Waals surface area contributed by atoms with E-state index in [2.05, 4.69) is 4.98 Å². The van der Waals surface area contributed by atoms with Crippen molar-refractivity contribution < 1.29 is 63.2 Å². The molecule has 4 aliphatic heterocycles. The number of esters is 1. The number of aliphatic carboxylic acids is 1. The molecule has 1 saturated heterocycles. The molecule has 5 heterocycles. The average molecular weight is 734 g/mol. The van der Waals surface area contributed by atoms with Gasteiger partial charge in [0.15, 0.2) is 23.2 Å². The fraction of sp³-hybridized carbons (Fsp3) is 0.405. The first-order valence-corrected chi connectivity index (χ1v) is 17.1. The number of carboxylic acids is 1. The SMILES string of the molecule is COc1ccc2c(c1OC)OC1c3c(cc4c(c3-c3c[nH]c5ccccc35)CCC3(O)C(O4)OC(C(OC(=O)CC(=O)O)C(N)N)C(O)C3O)OCC21. The Morgan fingerprint density at radius 1 is 1.08 bits per heavy atom. The van der Waals surface area contributed by atoms with E-state index < -0.39 is 66.9 Å². The average Bonchev–Trinajstić information content (AvgIpc) is 3.70. The number of nitrogens with two attached hydrogens (primary N) is 2. The molecule has 0 radical (unpaired) electrons. The summed E-state index contributed by atoms with van der Waals surface area (Å²) in [5.74, 6) is -0.646. The lowest BCUT2D eigenvalue weighted by atomic mass is 9.79. The number of methoxy groups -OCH3 is 2. The van der Waals surface area contributed by atoms with Gasteiger partial charge in [-0.3, -0.25) is 9.59 Å². The summed E-state index contributed by atoms with van der Waals surface area (Å²) in [6.45, 7) is 0.251. The Balaban J connectivity index is 1.25. The van der Waals surface area contributed by atoms with Crippen LogP contribution >= 0.6 is 0 Å². The zero-order chi connectivity index (χ0) is 37.3. The zero-order valence-electron chi connectivity index (χ0n) is 28.7. The number of carbonyl (C=O) groups is 2. The molecule has 9 N–H and O–H groups in total. The van der Waals surface area contributed by atoms with Gasteiger partial charge in [0, 0.05) is 51.0 Å². The maximum atomic E-state index is 12.3. The van der Waals surface area contributed by atoms with Crippen LogP contribution in [0.2, 0.25) is 0 Å². The van der Waals surface area contributed by atoms with Crippen LogP contribution in [0.3, 0.4) is 0 Å². The fourth-order valence-corrected chi connectivity index (χ4v) is 8.10. The maximum Gasteiger partial charge on any atom is 0.317 e. The van der Waals surface area contributed by atoms with Crippen LogP contribution in [0.15, 0.2) is 48.7 Å². The summed E-state index contributed by atoms with van der Waals surface area (Å²) in [6, 6.07) is 13.2. The van der Waals surface area contributed by atoms with Gasteiger partial charge in [-0.25, -0.2) is 0 Å². The monoisotopic (exact) mass is 733 g/mol. The molecule has 1 fully saturated rings. The van der Waals surface area contributed by atoms with Crippen LogP contribution in [0, 0.1) is 0 Å². The normalized spacial score (nSPS) is 27.4. The number of para-hydroxylation sites is 1. The number of hydrogen-bond donors (Lipinski definition) is 7. The number of carbonyl (C=O) groups excluding carboxylic acids is 1. The first-order chi connectivity index (χ1) is 25.4. The molecule has 8 unspecified atom stereocenters. The lowest BCUT2D eigenvalue weighted by Crippen LogP contribution is -2.71. The van der Waals surface area contributed by atoms with Crippen molar-refractivity contribution in [2.45, 2.75) is 73.8 Å². The second-order valence-corrected chi connectivity index (χ2v) is 13.6. The molecule has 1 aromatic heterocycles. The number of hydrogen-bond acceptors (Lipinski definition) is 14. The highest BCUT2D eigenvalue weighted by Gasteiger charge is 2.60. The molecule has 0 saturated carbocycles. The highest BCUT2D eigenvalue weighted by molar-refractivity contribution is 5.98. The summed E-state index contributed by atoms with van der Waals surface area (Å²) < 4.78 is 42.3. The molecule has 4 aromatic rings. The van der Waals surface area contributed by atoms with Crippen molar-refractivity contribution in [2.24, 2.45) is 11.5 Å². The minimum atomic E-state index is -2.19. The van der Waals surface area contributed by atoms with Gasteiger partial charge < -0.3 is 70.0 Å². The van der Waals surface area contributed by atoms with E-state index in [-0.39, 0.29) is 31.1 Å². The lowest BCUT2D eigenvalue weighted by molar-refractivity contribution is -0.329. The molecular weight excluding hydrogens is 694 g/mol.